The molecule has 0 aliphatic rings. The second-order valence-electron chi connectivity index (χ2n) is 8.72. The highest BCUT2D eigenvalue weighted by Gasteiger charge is 2.21. The molecule has 0 saturated heterocycles. The Balaban J connectivity index is 1.55. The first-order valence-electron chi connectivity index (χ1n) is 12.5. The Hall–Kier alpha value is -5.20. The Bertz CT molecular complexity index is 1890. The number of aromatic nitrogens is 2. The van der Waals surface area contributed by atoms with Crippen molar-refractivity contribution >= 4 is 68.5 Å². The van der Waals surface area contributed by atoms with Gasteiger partial charge in [-0.1, -0.05) is 41.9 Å². The average Bonchev–Trinajstić information content (AvgIpc) is 3.01. The highest BCUT2D eigenvalue weighted by molar-refractivity contribution is 7.81. The van der Waals surface area contributed by atoms with Crippen LogP contribution in [-0.2, 0) is 11.3 Å². The lowest BCUT2D eigenvalue weighted by atomic mass is 10.2. The summed E-state index contributed by atoms with van der Waals surface area (Å²) in [5.74, 6) is 0.479. The molecule has 5 rings (SSSR count). The van der Waals surface area contributed by atoms with Gasteiger partial charge in [0.05, 0.1) is 52.8 Å². The van der Waals surface area contributed by atoms with Crippen LogP contribution in [0.15, 0.2) is 101 Å². The zero-order chi connectivity index (χ0) is 30.3. The molecule has 1 aromatic heterocycles. The van der Waals surface area contributed by atoms with Gasteiger partial charge in [-0.15, -0.1) is 0 Å². The molecule has 1 atom stereocenters. The fourth-order valence-electron chi connectivity index (χ4n) is 4.00. The number of fused-ring (bicyclic) bond motifs is 1. The molecule has 0 bridgehead atoms. The topological polar surface area (TPSA) is 156 Å². The molecule has 12 nitrogen and oxygen atoms in total. The quantitative estimate of drug-likeness (QED) is 0.113. The summed E-state index contributed by atoms with van der Waals surface area (Å²) in [5, 5.41) is 10.9. The molecule has 0 fully saturated rings. The fraction of sp³-hybridized carbons (Fsp3) is 0.0690. The highest BCUT2D eigenvalue weighted by atomic mass is 35.5. The Labute approximate surface area is 253 Å². The third kappa shape index (κ3) is 6.83. The number of carbonyl (C=O) groups excluding carboxylic acids is 1. The van der Waals surface area contributed by atoms with Crippen molar-refractivity contribution in [3.8, 4) is 11.5 Å². The molecule has 1 unspecified atom stereocenters. The van der Waals surface area contributed by atoms with Crippen LogP contribution in [0.1, 0.15) is 10.4 Å². The van der Waals surface area contributed by atoms with Gasteiger partial charge in [0.15, 0.2) is 22.4 Å². The number of halogens is 1. The number of nitrogens with zero attached hydrogens (tertiary/aromatic N) is 6. The van der Waals surface area contributed by atoms with E-state index in [0.717, 1.165) is 4.31 Å². The van der Waals surface area contributed by atoms with E-state index < -0.39 is 17.2 Å². The van der Waals surface area contributed by atoms with E-state index in [1.54, 1.807) is 78.9 Å². The normalized spacial score (nSPS) is 11.3. The van der Waals surface area contributed by atoms with Crippen molar-refractivity contribution in [2.75, 3.05) is 23.8 Å². The molecule has 4 aromatic carbocycles. The number of methoxy groups -OCH3 is 2. The number of para-hydroxylation sites is 2. The van der Waals surface area contributed by atoms with Gasteiger partial charge < -0.3 is 19.3 Å². The van der Waals surface area contributed by atoms with E-state index in [0.29, 0.717) is 28.2 Å². The van der Waals surface area contributed by atoms with Crippen molar-refractivity contribution in [3.63, 3.8) is 0 Å². The van der Waals surface area contributed by atoms with Gasteiger partial charge >= 0.3 is 5.91 Å². The number of benzene rings is 4. The van der Waals surface area contributed by atoms with Gasteiger partial charge in [0.25, 0.3) is 0 Å². The molecule has 1 N–H and O–H groups in total. The van der Waals surface area contributed by atoms with Crippen LogP contribution in [-0.4, -0.2) is 38.9 Å². The molecule has 43 heavy (non-hydrogen) atoms. The van der Waals surface area contributed by atoms with Gasteiger partial charge in [-0.3, -0.25) is 13.3 Å². The second kappa shape index (κ2) is 13.2. The molecule has 14 heteroatoms. The molecular weight excluding hydrogens is 594 g/mol. The van der Waals surface area contributed by atoms with Gasteiger partial charge in [0.1, 0.15) is 11.5 Å². The van der Waals surface area contributed by atoms with E-state index in [9.17, 15) is 13.6 Å². The maximum absolute atomic E-state index is 12.7. The fourth-order valence-corrected chi connectivity index (χ4v) is 4.77. The Morgan fingerprint density at radius 1 is 0.930 bits per heavy atom. The monoisotopic (exact) mass is 615 g/mol. The number of hydrogen-bond donors (Lipinski definition) is 1. The molecule has 0 aliphatic carbocycles. The first kappa shape index (κ1) is 29.3. The first-order valence-corrected chi connectivity index (χ1v) is 13.9. The Morgan fingerprint density at radius 3 is 2.28 bits per heavy atom. The summed E-state index contributed by atoms with van der Waals surface area (Å²) in [4.78, 5) is 25.3. The average molecular weight is 616 g/mol. The van der Waals surface area contributed by atoms with Crippen LogP contribution >= 0.6 is 11.6 Å². The Morgan fingerprint density at radius 2 is 1.60 bits per heavy atom. The molecule has 0 spiro atoms. The zero-order valence-corrected chi connectivity index (χ0v) is 24.2. The standard InChI is InChI=1S/C29H22ClN7O5S/c1-41-21-15-19(16-22(17-21)42-2)31-27-28(33-26-13-6-5-12-25(26)32-27)37(43(39)40)20-9-7-8-18(14-20)34-36-35-29(38)23-10-3-4-11-24(23)30/h3-17H,1-2H3,(H-,31,32,39,40). The van der Waals surface area contributed by atoms with Crippen molar-refractivity contribution in [1.29, 1.82) is 0 Å². The van der Waals surface area contributed by atoms with Crippen molar-refractivity contribution in [2.45, 2.75) is 0 Å². The SMILES string of the molecule is COc1cc(Nc2nc3ccccc3nc2N(c2cccc(N=[N+]=NC(=O)c3ccccc3Cl)c2)S(=O)[O-])cc(OC)c1. The summed E-state index contributed by atoms with van der Waals surface area (Å²) in [6, 6.07) is 24.7. The predicted molar refractivity (Wildman–Crippen MR) is 162 cm³/mol. The third-order valence-corrected chi connectivity index (χ3v) is 6.98. The van der Waals surface area contributed by atoms with Crippen molar-refractivity contribution in [3.05, 3.63) is 102 Å². The van der Waals surface area contributed by atoms with Crippen molar-refractivity contribution < 1.29 is 23.0 Å². The van der Waals surface area contributed by atoms with E-state index in [-0.39, 0.29) is 33.6 Å². The van der Waals surface area contributed by atoms with E-state index in [2.05, 4.69) is 30.4 Å². The van der Waals surface area contributed by atoms with E-state index in [4.69, 9.17) is 21.1 Å². The van der Waals surface area contributed by atoms with Crippen LogP contribution in [0, 0.1) is 0 Å². The molecule has 216 valence electrons. The molecule has 1 amide bonds. The maximum Gasteiger partial charge on any atom is 0.362 e. The molecule has 5 aromatic rings. The van der Waals surface area contributed by atoms with Crippen LogP contribution < -0.4 is 24.0 Å². The summed E-state index contributed by atoms with van der Waals surface area (Å²) >= 11 is 3.19. The van der Waals surface area contributed by atoms with Crippen LogP contribution in [0.2, 0.25) is 5.02 Å². The molecule has 1 heterocycles. The number of rotatable bonds is 9. The molecular formula is C29H22ClN7O5S. The summed E-state index contributed by atoms with van der Waals surface area (Å²) in [6.45, 7) is 0. The number of anilines is 4. The smallest absolute Gasteiger partial charge is 0.362 e. The second-order valence-corrected chi connectivity index (χ2v) is 9.92. The van der Waals surface area contributed by atoms with Gasteiger partial charge in [0.2, 0.25) is 10.0 Å². The Kier molecular flexibility index (Phi) is 8.99. The van der Waals surface area contributed by atoms with Gasteiger partial charge in [-0.05, 0) is 42.5 Å². The summed E-state index contributed by atoms with van der Waals surface area (Å²) in [7, 11) is 3.04. The van der Waals surface area contributed by atoms with Crippen LogP contribution in [0.25, 0.3) is 11.0 Å². The van der Waals surface area contributed by atoms with Crippen LogP contribution in [0.4, 0.5) is 28.7 Å². The van der Waals surface area contributed by atoms with Gasteiger partial charge in [0, 0.05) is 23.9 Å². The summed E-state index contributed by atoms with van der Waals surface area (Å²) in [5.41, 5.74) is 2.10. The number of ether oxygens (including phenoxy) is 2. The number of carbonyl (C=O) groups is 1. The van der Waals surface area contributed by atoms with Crippen LogP contribution in [0.5, 0.6) is 11.5 Å². The zero-order valence-electron chi connectivity index (χ0n) is 22.7. The van der Waals surface area contributed by atoms with E-state index in [1.165, 1.54) is 26.4 Å². The van der Waals surface area contributed by atoms with E-state index in [1.807, 2.05) is 0 Å². The molecule has 0 aliphatic heterocycles. The number of nitrogens with one attached hydrogen (secondary N) is 1. The summed E-state index contributed by atoms with van der Waals surface area (Å²) < 4.78 is 37.1. The number of hydrogen-bond acceptors (Lipinski definition) is 9. The molecule has 0 radical (unpaired) electrons. The van der Waals surface area contributed by atoms with E-state index >= 15 is 0 Å². The lowest BCUT2D eigenvalue weighted by molar-refractivity contribution is 0.0993. The largest absolute Gasteiger partial charge is 0.755 e. The minimum absolute atomic E-state index is 0.0125. The van der Waals surface area contributed by atoms with Gasteiger partial charge in [-0.2, -0.15) is 0 Å². The molecule has 0 saturated carbocycles. The van der Waals surface area contributed by atoms with Crippen molar-refractivity contribution in [1.82, 2.24) is 14.9 Å². The lowest BCUT2D eigenvalue weighted by Crippen LogP contribution is -2.22. The van der Waals surface area contributed by atoms with Gasteiger partial charge in [-0.25, -0.2) is 9.97 Å². The maximum atomic E-state index is 12.7. The lowest BCUT2D eigenvalue weighted by Gasteiger charge is -2.27. The van der Waals surface area contributed by atoms with Crippen LogP contribution in [0.3, 0.4) is 0 Å². The third-order valence-electron chi connectivity index (χ3n) is 5.97. The minimum atomic E-state index is -2.85. The predicted octanol–water partition coefficient (Wildman–Crippen LogP) is 6.42. The minimum Gasteiger partial charge on any atom is -0.755 e. The van der Waals surface area contributed by atoms with Crippen molar-refractivity contribution in [2.24, 2.45) is 10.2 Å². The highest BCUT2D eigenvalue weighted by Crippen LogP contribution is 2.36. The summed E-state index contributed by atoms with van der Waals surface area (Å²) in [6.07, 6.45) is 0. The number of amides is 1. The first-order chi connectivity index (χ1) is 20.9.